The molecule has 1 aliphatic rings. The molecule has 1 fully saturated rings. The third-order valence-electron chi connectivity index (χ3n) is 2.93. The van der Waals surface area contributed by atoms with Crippen molar-refractivity contribution in [3.8, 4) is 0 Å². The molecule has 1 unspecified atom stereocenters. The minimum Gasteiger partial charge on any atom is -0.386 e. The average Bonchev–Trinajstić information content (AvgIpc) is 2.26. The fourth-order valence-corrected chi connectivity index (χ4v) is 3.89. The number of piperidine rings is 1. The van der Waals surface area contributed by atoms with Crippen molar-refractivity contribution in [2.75, 3.05) is 12.3 Å². The Morgan fingerprint density at radius 3 is 2.75 bits per heavy atom. The van der Waals surface area contributed by atoms with Gasteiger partial charge in [0.15, 0.2) is 0 Å². The van der Waals surface area contributed by atoms with Gasteiger partial charge in [0, 0.05) is 6.54 Å². The zero-order valence-electron chi connectivity index (χ0n) is 9.78. The zero-order valence-corrected chi connectivity index (χ0v) is 10.6. The maximum atomic E-state index is 12.0. The van der Waals surface area contributed by atoms with E-state index in [1.807, 2.05) is 6.92 Å². The molecule has 0 aromatic rings. The van der Waals surface area contributed by atoms with E-state index in [9.17, 15) is 8.42 Å². The van der Waals surface area contributed by atoms with Crippen LogP contribution in [0.4, 0.5) is 0 Å². The van der Waals surface area contributed by atoms with Crippen molar-refractivity contribution in [2.24, 2.45) is 5.73 Å². The van der Waals surface area contributed by atoms with Crippen LogP contribution in [0.15, 0.2) is 0 Å². The first-order valence-corrected chi connectivity index (χ1v) is 7.43. The van der Waals surface area contributed by atoms with E-state index in [4.69, 9.17) is 11.1 Å². The highest BCUT2D eigenvalue weighted by molar-refractivity contribution is 7.89. The number of hydrogen-bond acceptors (Lipinski definition) is 3. The fraction of sp³-hybridized carbons (Fsp3) is 0.900. The third kappa shape index (κ3) is 3.18. The zero-order chi connectivity index (χ0) is 12.2. The number of sulfonamides is 1. The molecule has 0 aromatic heterocycles. The van der Waals surface area contributed by atoms with Crippen molar-refractivity contribution >= 4 is 15.9 Å². The Bertz CT molecular complexity index is 340. The first-order valence-electron chi connectivity index (χ1n) is 5.82. The van der Waals surface area contributed by atoms with E-state index in [0.29, 0.717) is 19.4 Å². The van der Waals surface area contributed by atoms with Crippen LogP contribution in [0.3, 0.4) is 0 Å². The van der Waals surface area contributed by atoms with Gasteiger partial charge in [-0.3, -0.25) is 5.41 Å². The SMILES string of the molecule is CCCCS(=O)(=O)N1CCCCC1C(=N)N. The van der Waals surface area contributed by atoms with Crippen molar-refractivity contribution in [2.45, 2.75) is 45.1 Å². The Hall–Kier alpha value is -0.620. The van der Waals surface area contributed by atoms with Crippen LogP contribution in [0, 0.1) is 5.41 Å². The second-order valence-electron chi connectivity index (χ2n) is 4.25. The van der Waals surface area contributed by atoms with Crippen molar-refractivity contribution in [1.29, 1.82) is 5.41 Å². The molecule has 1 rings (SSSR count). The molecule has 0 radical (unpaired) electrons. The van der Waals surface area contributed by atoms with Crippen LogP contribution >= 0.6 is 0 Å². The first kappa shape index (κ1) is 13.4. The summed E-state index contributed by atoms with van der Waals surface area (Å²) in [4.78, 5) is 0. The van der Waals surface area contributed by atoms with Gasteiger partial charge in [0.25, 0.3) is 0 Å². The highest BCUT2D eigenvalue weighted by Crippen LogP contribution is 2.21. The number of unbranched alkanes of at least 4 members (excludes halogenated alkanes) is 1. The van der Waals surface area contributed by atoms with Gasteiger partial charge in [-0.2, -0.15) is 4.31 Å². The summed E-state index contributed by atoms with van der Waals surface area (Å²) < 4.78 is 25.5. The molecule has 0 aromatic carbocycles. The van der Waals surface area contributed by atoms with Crippen LogP contribution in [0.2, 0.25) is 0 Å². The molecule has 1 heterocycles. The van der Waals surface area contributed by atoms with Crippen LogP contribution in [0.5, 0.6) is 0 Å². The number of nitrogens with zero attached hydrogens (tertiary/aromatic N) is 1. The Labute approximate surface area is 97.6 Å². The summed E-state index contributed by atoms with van der Waals surface area (Å²) >= 11 is 0. The standard InChI is InChI=1S/C10H21N3O2S/c1-2-3-8-16(14,15)13-7-5-4-6-9(13)10(11)12/h9H,2-8H2,1H3,(H3,11,12). The number of hydrogen-bond donors (Lipinski definition) is 2. The van der Waals surface area contributed by atoms with Gasteiger partial charge in [0.05, 0.1) is 11.8 Å². The summed E-state index contributed by atoms with van der Waals surface area (Å²) in [5, 5.41) is 7.45. The van der Waals surface area contributed by atoms with Crippen molar-refractivity contribution < 1.29 is 8.42 Å². The van der Waals surface area contributed by atoms with Gasteiger partial charge in [0.1, 0.15) is 5.84 Å². The third-order valence-corrected chi connectivity index (χ3v) is 4.88. The van der Waals surface area contributed by atoms with Crippen molar-refractivity contribution in [1.82, 2.24) is 4.31 Å². The number of rotatable bonds is 5. The average molecular weight is 247 g/mol. The van der Waals surface area contributed by atoms with Crippen LogP contribution in [-0.2, 0) is 10.0 Å². The quantitative estimate of drug-likeness (QED) is 0.559. The Morgan fingerprint density at radius 2 is 2.19 bits per heavy atom. The molecule has 0 aliphatic carbocycles. The lowest BCUT2D eigenvalue weighted by Crippen LogP contribution is -2.50. The number of nitrogens with one attached hydrogen (secondary N) is 1. The molecule has 3 N–H and O–H groups in total. The Morgan fingerprint density at radius 1 is 1.50 bits per heavy atom. The van der Waals surface area contributed by atoms with Gasteiger partial charge in [-0.05, 0) is 19.3 Å². The molecule has 16 heavy (non-hydrogen) atoms. The second kappa shape index (κ2) is 5.63. The summed E-state index contributed by atoms with van der Waals surface area (Å²) in [6.07, 6.45) is 4.03. The second-order valence-corrected chi connectivity index (χ2v) is 6.29. The highest BCUT2D eigenvalue weighted by atomic mass is 32.2. The number of amidine groups is 1. The fourth-order valence-electron chi connectivity index (χ4n) is 1.99. The van der Waals surface area contributed by atoms with Gasteiger partial charge in [-0.1, -0.05) is 19.8 Å². The maximum absolute atomic E-state index is 12.0. The van der Waals surface area contributed by atoms with Crippen LogP contribution < -0.4 is 5.73 Å². The summed E-state index contributed by atoms with van der Waals surface area (Å²) in [6, 6.07) is -0.407. The number of nitrogens with two attached hydrogens (primary N) is 1. The van der Waals surface area contributed by atoms with E-state index in [0.717, 1.165) is 19.3 Å². The molecule has 5 nitrogen and oxygen atoms in total. The molecule has 1 aliphatic heterocycles. The van der Waals surface area contributed by atoms with Crippen LogP contribution in [0.25, 0.3) is 0 Å². The normalized spacial score (nSPS) is 23.2. The Kier molecular flexibility index (Phi) is 4.73. The van der Waals surface area contributed by atoms with E-state index in [1.165, 1.54) is 4.31 Å². The van der Waals surface area contributed by atoms with Gasteiger partial charge < -0.3 is 5.73 Å². The summed E-state index contributed by atoms with van der Waals surface area (Å²) in [7, 11) is -3.23. The molecule has 94 valence electrons. The molecular weight excluding hydrogens is 226 g/mol. The molecule has 0 bridgehead atoms. The van der Waals surface area contributed by atoms with E-state index < -0.39 is 16.1 Å². The summed E-state index contributed by atoms with van der Waals surface area (Å²) in [5.74, 6) is 0.146. The maximum Gasteiger partial charge on any atom is 0.214 e. The highest BCUT2D eigenvalue weighted by Gasteiger charge is 2.33. The molecule has 1 atom stereocenters. The predicted octanol–water partition coefficient (Wildman–Crippen LogP) is 0.907. The molecule has 0 saturated carbocycles. The lowest BCUT2D eigenvalue weighted by molar-refractivity contribution is 0.303. The summed E-state index contributed by atoms with van der Waals surface area (Å²) in [5.41, 5.74) is 5.46. The summed E-state index contributed by atoms with van der Waals surface area (Å²) in [6.45, 7) is 2.48. The largest absolute Gasteiger partial charge is 0.386 e. The predicted molar refractivity (Wildman–Crippen MR) is 65.0 cm³/mol. The van der Waals surface area contributed by atoms with Crippen molar-refractivity contribution in [3.63, 3.8) is 0 Å². The lowest BCUT2D eigenvalue weighted by Gasteiger charge is -2.33. The molecule has 0 spiro atoms. The van der Waals surface area contributed by atoms with Crippen molar-refractivity contribution in [3.05, 3.63) is 0 Å². The topological polar surface area (TPSA) is 87.2 Å². The van der Waals surface area contributed by atoms with Crippen LogP contribution in [-0.4, -0.2) is 36.9 Å². The van der Waals surface area contributed by atoms with Gasteiger partial charge in [-0.25, -0.2) is 8.42 Å². The minimum atomic E-state index is -3.23. The smallest absolute Gasteiger partial charge is 0.214 e. The van der Waals surface area contributed by atoms with E-state index >= 15 is 0 Å². The Balaban J connectivity index is 2.78. The van der Waals surface area contributed by atoms with Gasteiger partial charge >= 0.3 is 0 Å². The molecule has 1 saturated heterocycles. The molecule has 0 amide bonds. The molecular formula is C10H21N3O2S. The van der Waals surface area contributed by atoms with E-state index in [1.54, 1.807) is 0 Å². The lowest BCUT2D eigenvalue weighted by atomic mass is 10.0. The monoisotopic (exact) mass is 247 g/mol. The van der Waals surface area contributed by atoms with Gasteiger partial charge in [0.2, 0.25) is 10.0 Å². The first-order chi connectivity index (χ1) is 7.49. The van der Waals surface area contributed by atoms with E-state index in [-0.39, 0.29) is 11.6 Å². The molecule has 6 heteroatoms. The van der Waals surface area contributed by atoms with Gasteiger partial charge in [-0.15, -0.1) is 0 Å². The minimum absolute atomic E-state index is 0.0280. The van der Waals surface area contributed by atoms with Crippen LogP contribution in [0.1, 0.15) is 39.0 Å². The van der Waals surface area contributed by atoms with E-state index in [2.05, 4.69) is 0 Å².